The summed E-state index contributed by atoms with van der Waals surface area (Å²) in [6.45, 7) is 5.22. The highest BCUT2D eigenvalue weighted by Crippen LogP contribution is 2.38. The number of nitrogens with one attached hydrogen (secondary N) is 2. The Balaban J connectivity index is 1.49. The predicted molar refractivity (Wildman–Crippen MR) is 108 cm³/mol. The minimum Gasteiger partial charge on any atom is -0.369 e. The van der Waals surface area contributed by atoms with E-state index in [-0.39, 0.29) is 17.5 Å². The number of benzene rings is 1. The molecule has 0 saturated carbocycles. The Morgan fingerprint density at radius 2 is 1.93 bits per heavy atom. The monoisotopic (exact) mass is 421 g/mol. The third-order valence-electron chi connectivity index (χ3n) is 5.91. The lowest BCUT2D eigenvalue weighted by Crippen LogP contribution is -2.45. The van der Waals surface area contributed by atoms with E-state index in [1.807, 2.05) is 0 Å². The fourth-order valence-corrected chi connectivity index (χ4v) is 4.64. The van der Waals surface area contributed by atoms with E-state index >= 15 is 0 Å². The molecule has 30 heavy (non-hydrogen) atoms. The molecule has 9 heteroatoms. The number of nitrogens with zero attached hydrogens (tertiary/aromatic N) is 3. The molecular formula is C21H26F3N5O. The first kappa shape index (κ1) is 20.8. The van der Waals surface area contributed by atoms with Gasteiger partial charge in [-0.2, -0.15) is 13.2 Å². The van der Waals surface area contributed by atoms with Crippen LogP contribution in [-0.4, -0.2) is 48.1 Å². The van der Waals surface area contributed by atoms with Crippen LogP contribution in [0.3, 0.4) is 0 Å². The molecule has 1 aromatic carbocycles. The largest absolute Gasteiger partial charge is 0.418 e. The van der Waals surface area contributed by atoms with Crippen molar-refractivity contribution >= 4 is 22.6 Å². The molecule has 2 fully saturated rings. The van der Waals surface area contributed by atoms with Gasteiger partial charge in [0.1, 0.15) is 11.0 Å². The van der Waals surface area contributed by atoms with Gasteiger partial charge >= 0.3 is 6.18 Å². The molecular weight excluding hydrogens is 395 g/mol. The SMILES string of the molecule is CC1CC(CNCC2CCC(=O)N2)CN(c2ccc(C(F)(F)F)c3nccnc23)C1. The van der Waals surface area contributed by atoms with E-state index in [2.05, 4.69) is 32.4 Å². The van der Waals surface area contributed by atoms with Crippen molar-refractivity contribution in [2.24, 2.45) is 11.8 Å². The second kappa shape index (κ2) is 8.37. The molecule has 2 aliphatic heterocycles. The summed E-state index contributed by atoms with van der Waals surface area (Å²) in [6, 6.07) is 2.82. The van der Waals surface area contributed by atoms with E-state index < -0.39 is 11.7 Å². The van der Waals surface area contributed by atoms with E-state index in [1.165, 1.54) is 18.5 Å². The molecule has 1 amide bonds. The topological polar surface area (TPSA) is 70.2 Å². The zero-order valence-corrected chi connectivity index (χ0v) is 16.9. The summed E-state index contributed by atoms with van der Waals surface area (Å²) in [4.78, 5) is 21.7. The van der Waals surface area contributed by atoms with E-state index in [9.17, 15) is 18.0 Å². The first-order chi connectivity index (χ1) is 14.3. The number of alkyl halides is 3. The number of fused-ring (bicyclic) bond motifs is 1. The van der Waals surface area contributed by atoms with Gasteiger partial charge in [0, 0.05) is 44.5 Å². The van der Waals surface area contributed by atoms with Gasteiger partial charge in [-0.25, -0.2) is 0 Å². The van der Waals surface area contributed by atoms with Gasteiger partial charge in [-0.05, 0) is 43.4 Å². The Morgan fingerprint density at radius 1 is 1.17 bits per heavy atom. The van der Waals surface area contributed by atoms with Crippen molar-refractivity contribution in [2.45, 2.75) is 38.4 Å². The first-order valence-electron chi connectivity index (χ1n) is 10.4. The molecule has 2 saturated heterocycles. The summed E-state index contributed by atoms with van der Waals surface area (Å²) in [5.41, 5.74) is 0.135. The summed E-state index contributed by atoms with van der Waals surface area (Å²) in [5, 5.41) is 6.41. The van der Waals surface area contributed by atoms with Gasteiger partial charge < -0.3 is 15.5 Å². The Hall–Kier alpha value is -2.42. The molecule has 2 aromatic rings. The molecule has 0 bridgehead atoms. The maximum absolute atomic E-state index is 13.4. The Kier molecular flexibility index (Phi) is 5.81. The van der Waals surface area contributed by atoms with Crippen molar-refractivity contribution < 1.29 is 18.0 Å². The lowest BCUT2D eigenvalue weighted by atomic mass is 9.89. The molecule has 3 atom stereocenters. The first-order valence-corrected chi connectivity index (χ1v) is 10.4. The summed E-state index contributed by atoms with van der Waals surface area (Å²) in [6.07, 6.45) is 0.760. The van der Waals surface area contributed by atoms with Gasteiger partial charge in [0.05, 0.1) is 11.3 Å². The van der Waals surface area contributed by atoms with Crippen molar-refractivity contribution in [3.63, 3.8) is 0 Å². The summed E-state index contributed by atoms with van der Waals surface area (Å²) >= 11 is 0. The van der Waals surface area contributed by atoms with Gasteiger partial charge in [-0.1, -0.05) is 6.92 Å². The van der Waals surface area contributed by atoms with Crippen LogP contribution in [0.5, 0.6) is 0 Å². The second-order valence-corrected chi connectivity index (χ2v) is 8.46. The molecule has 0 radical (unpaired) electrons. The number of halogens is 3. The van der Waals surface area contributed by atoms with Crippen LogP contribution in [0.25, 0.3) is 11.0 Å². The van der Waals surface area contributed by atoms with Gasteiger partial charge in [-0.3, -0.25) is 14.8 Å². The zero-order valence-electron chi connectivity index (χ0n) is 16.9. The van der Waals surface area contributed by atoms with E-state index in [0.29, 0.717) is 29.5 Å². The van der Waals surface area contributed by atoms with Gasteiger partial charge in [0.2, 0.25) is 5.91 Å². The average Bonchev–Trinajstić information content (AvgIpc) is 3.11. The minimum atomic E-state index is -4.47. The molecule has 4 rings (SSSR count). The fourth-order valence-electron chi connectivity index (χ4n) is 4.64. The molecule has 0 aliphatic carbocycles. The number of hydrogen-bond donors (Lipinski definition) is 2. The van der Waals surface area contributed by atoms with Crippen LogP contribution in [0.1, 0.15) is 31.7 Å². The smallest absolute Gasteiger partial charge is 0.369 e. The minimum absolute atomic E-state index is 0.104. The zero-order chi connectivity index (χ0) is 21.3. The van der Waals surface area contributed by atoms with Crippen LogP contribution in [0.4, 0.5) is 18.9 Å². The third-order valence-corrected chi connectivity index (χ3v) is 5.91. The highest BCUT2D eigenvalue weighted by atomic mass is 19.4. The second-order valence-electron chi connectivity index (χ2n) is 8.46. The Morgan fingerprint density at radius 3 is 2.63 bits per heavy atom. The average molecular weight is 421 g/mol. The molecule has 0 spiro atoms. The lowest BCUT2D eigenvalue weighted by Gasteiger charge is -2.38. The van der Waals surface area contributed by atoms with Crippen molar-refractivity contribution in [3.8, 4) is 0 Å². The van der Waals surface area contributed by atoms with Crippen LogP contribution in [0, 0.1) is 11.8 Å². The van der Waals surface area contributed by atoms with Crippen LogP contribution < -0.4 is 15.5 Å². The number of hydrogen-bond acceptors (Lipinski definition) is 5. The van der Waals surface area contributed by atoms with E-state index in [0.717, 1.165) is 45.1 Å². The molecule has 3 heterocycles. The summed E-state index contributed by atoms with van der Waals surface area (Å²) in [5.74, 6) is 0.875. The predicted octanol–water partition coefficient (Wildman–Crippen LogP) is 2.98. The molecule has 1 aromatic heterocycles. The number of anilines is 1. The van der Waals surface area contributed by atoms with Crippen LogP contribution >= 0.6 is 0 Å². The fraction of sp³-hybridized carbons (Fsp3) is 0.571. The number of rotatable bonds is 5. The van der Waals surface area contributed by atoms with Crippen molar-refractivity contribution in [1.29, 1.82) is 0 Å². The summed E-state index contributed by atoms with van der Waals surface area (Å²) in [7, 11) is 0. The molecule has 162 valence electrons. The van der Waals surface area contributed by atoms with Crippen LogP contribution in [0.2, 0.25) is 0 Å². The Bertz CT molecular complexity index is 919. The molecule has 2 aliphatic rings. The van der Waals surface area contributed by atoms with E-state index in [4.69, 9.17) is 0 Å². The van der Waals surface area contributed by atoms with Crippen LogP contribution in [-0.2, 0) is 11.0 Å². The maximum atomic E-state index is 13.4. The Labute approximate surface area is 173 Å². The highest BCUT2D eigenvalue weighted by molar-refractivity contribution is 5.90. The van der Waals surface area contributed by atoms with Crippen molar-refractivity contribution in [1.82, 2.24) is 20.6 Å². The van der Waals surface area contributed by atoms with Crippen molar-refractivity contribution in [3.05, 3.63) is 30.1 Å². The quantitative estimate of drug-likeness (QED) is 0.777. The highest BCUT2D eigenvalue weighted by Gasteiger charge is 2.35. The standard InChI is InChI=1S/C21H26F3N5O/c1-13-8-14(9-25-10-15-2-5-18(30)28-15)12-29(11-13)17-4-3-16(21(22,23)24)19-20(17)27-7-6-26-19/h3-4,6-7,13-15,25H,2,5,8-12H2,1H3,(H,28,30). The number of aromatic nitrogens is 2. The maximum Gasteiger partial charge on any atom is 0.418 e. The van der Waals surface area contributed by atoms with Gasteiger partial charge in [0.15, 0.2) is 0 Å². The van der Waals surface area contributed by atoms with Gasteiger partial charge in [-0.15, -0.1) is 0 Å². The van der Waals surface area contributed by atoms with Crippen molar-refractivity contribution in [2.75, 3.05) is 31.1 Å². The van der Waals surface area contributed by atoms with E-state index in [1.54, 1.807) is 0 Å². The summed E-state index contributed by atoms with van der Waals surface area (Å²) < 4.78 is 40.2. The molecule has 3 unspecified atom stereocenters. The number of carbonyl (C=O) groups excluding carboxylic acids is 1. The lowest BCUT2D eigenvalue weighted by molar-refractivity contribution is -0.136. The van der Waals surface area contributed by atoms with Crippen LogP contribution in [0.15, 0.2) is 24.5 Å². The number of piperidine rings is 1. The number of amides is 1. The number of carbonyl (C=O) groups is 1. The normalized spacial score (nSPS) is 25.0. The third kappa shape index (κ3) is 4.50. The van der Waals surface area contributed by atoms with Gasteiger partial charge in [0.25, 0.3) is 0 Å². The molecule has 6 nitrogen and oxygen atoms in total. The molecule has 2 N–H and O–H groups in total.